The van der Waals surface area contributed by atoms with E-state index in [1.54, 1.807) is 0 Å². The van der Waals surface area contributed by atoms with Crippen LogP contribution in [0.4, 0.5) is 0 Å². The van der Waals surface area contributed by atoms with Gasteiger partial charge < -0.3 is 4.74 Å². The zero-order chi connectivity index (χ0) is 12.8. The Kier molecular flexibility index (Phi) is 5.90. The summed E-state index contributed by atoms with van der Waals surface area (Å²) in [5.41, 5.74) is 3.78. The Balaban J connectivity index is 2.71. The van der Waals surface area contributed by atoms with Crippen molar-refractivity contribution in [2.24, 2.45) is 5.92 Å². The first-order chi connectivity index (χ1) is 8.10. The highest BCUT2D eigenvalue weighted by atomic mass is 32.1. The van der Waals surface area contributed by atoms with Gasteiger partial charge in [0.25, 0.3) is 0 Å². The van der Waals surface area contributed by atoms with Gasteiger partial charge in [-0.2, -0.15) is 12.6 Å². The first-order valence-corrected chi connectivity index (χ1v) is 7.03. The van der Waals surface area contributed by atoms with E-state index in [4.69, 9.17) is 4.74 Å². The van der Waals surface area contributed by atoms with Crippen molar-refractivity contribution in [2.45, 2.75) is 40.5 Å². The summed E-state index contributed by atoms with van der Waals surface area (Å²) in [6.45, 7) is 9.36. The highest BCUT2D eigenvalue weighted by Crippen LogP contribution is 2.26. The normalized spacial score (nSPS) is 12.5. The van der Waals surface area contributed by atoms with Crippen molar-refractivity contribution in [3.05, 3.63) is 28.8 Å². The second-order valence-corrected chi connectivity index (χ2v) is 5.17. The molecule has 1 aromatic carbocycles. The molecule has 96 valence electrons. The van der Waals surface area contributed by atoms with Crippen molar-refractivity contribution in [3.63, 3.8) is 0 Å². The first kappa shape index (κ1) is 14.4. The number of hydrogen-bond acceptors (Lipinski definition) is 2. The summed E-state index contributed by atoms with van der Waals surface area (Å²) in [5.74, 6) is 2.52. The maximum Gasteiger partial charge on any atom is 0.125 e. The highest BCUT2D eigenvalue weighted by Gasteiger charge is 2.10. The fraction of sp³-hybridized carbons (Fsp3) is 0.600. The zero-order valence-electron chi connectivity index (χ0n) is 11.4. The van der Waals surface area contributed by atoms with Crippen LogP contribution in [0.5, 0.6) is 5.75 Å². The van der Waals surface area contributed by atoms with Gasteiger partial charge in [0.05, 0.1) is 6.61 Å². The van der Waals surface area contributed by atoms with Gasteiger partial charge in [-0.3, -0.25) is 0 Å². The molecule has 0 radical (unpaired) electrons. The molecule has 1 atom stereocenters. The van der Waals surface area contributed by atoms with Crippen LogP contribution in [0.1, 0.15) is 36.5 Å². The number of ether oxygens (including phenoxy) is 1. The Morgan fingerprint density at radius 3 is 2.41 bits per heavy atom. The summed E-state index contributed by atoms with van der Waals surface area (Å²) in [6.07, 6.45) is 2.38. The minimum absolute atomic E-state index is 0.558. The quantitative estimate of drug-likeness (QED) is 0.741. The number of thiol groups is 1. The zero-order valence-corrected chi connectivity index (χ0v) is 12.3. The lowest BCUT2D eigenvalue weighted by Crippen LogP contribution is -2.14. The van der Waals surface area contributed by atoms with E-state index in [1.807, 2.05) is 0 Å². The lowest BCUT2D eigenvalue weighted by Gasteiger charge is -2.18. The smallest absolute Gasteiger partial charge is 0.125 e. The van der Waals surface area contributed by atoms with Gasteiger partial charge in [-0.05, 0) is 49.6 Å². The molecule has 1 aromatic rings. The van der Waals surface area contributed by atoms with Gasteiger partial charge in [-0.1, -0.05) is 25.5 Å². The summed E-state index contributed by atoms with van der Waals surface area (Å²) >= 11 is 4.39. The van der Waals surface area contributed by atoms with Crippen molar-refractivity contribution in [1.82, 2.24) is 0 Å². The molecular formula is C15H24OS. The Labute approximate surface area is 111 Å². The van der Waals surface area contributed by atoms with E-state index in [0.717, 1.165) is 18.1 Å². The second kappa shape index (κ2) is 6.95. The van der Waals surface area contributed by atoms with Gasteiger partial charge in [0.2, 0.25) is 0 Å². The van der Waals surface area contributed by atoms with Crippen LogP contribution in [0.25, 0.3) is 0 Å². The van der Waals surface area contributed by atoms with Gasteiger partial charge in [-0.15, -0.1) is 0 Å². The standard InChI is InChI=1S/C15H24OS/c1-5-6-14(10-17)9-16-15-12(3)8-7-11(2)13(15)4/h7-8,14,17H,5-6,9-10H2,1-4H3. The van der Waals surface area contributed by atoms with Crippen LogP contribution in [0.2, 0.25) is 0 Å². The number of rotatable bonds is 6. The summed E-state index contributed by atoms with van der Waals surface area (Å²) in [4.78, 5) is 0. The number of aryl methyl sites for hydroxylation is 2. The average Bonchev–Trinajstić information content (AvgIpc) is 2.32. The Bertz CT molecular complexity index is 360. The van der Waals surface area contributed by atoms with Gasteiger partial charge >= 0.3 is 0 Å². The maximum absolute atomic E-state index is 6.01. The molecule has 17 heavy (non-hydrogen) atoms. The van der Waals surface area contributed by atoms with E-state index in [-0.39, 0.29) is 0 Å². The van der Waals surface area contributed by atoms with E-state index >= 15 is 0 Å². The topological polar surface area (TPSA) is 9.23 Å². The third-order valence-electron chi connectivity index (χ3n) is 3.29. The monoisotopic (exact) mass is 252 g/mol. The third-order valence-corrected chi connectivity index (χ3v) is 3.81. The summed E-state index contributed by atoms with van der Waals surface area (Å²) in [6, 6.07) is 4.28. The predicted molar refractivity (Wildman–Crippen MR) is 78.4 cm³/mol. The van der Waals surface area contributed by atoms with Crippen LogP contribution < -0.4 is 4.74 Å². The molecule has 0 fully saturated rings. The fourth-order valence-electron chi connectivity index (χ4n) is 1.98. The molecule has 0 aromatic heterocycles. The molecule has 0 saturated heterocycles. The molecule has 1 unspecified atom stereocenters. The molecule has 0 aliphatic rings. The largest absolute Gasteiger partial charge is 0.493 e. The summed E-state index contributed by atoms with van der Waals surface area (Å²) in [5, 5.41) is 0. The van der Waals surface area contributed by atoms with E-state index < -0.39 is 0 Å². The van der Waals surface area contributed by atoms with Crippen LogP contribution >= 0.6 is 12.6 Å². The predicted octanol–water partition coefficient (Wildman–Crippen LogP) is 4.34. The van der Waals surface area contributed by atoms with E-state index in [1.165, 1.54) is 29.5 Å². The van der Waals surface area contributed by atoms with Gasteiger partial charge in [0.15, 0.2) is 0 Å². The first-order valence-electron chi connectivity index (χ1n) is 6.40. The van der Waals surface area contributed by atoms with Gasteiger partial charge in [0, 0.05) is 5.92 Å². The lowest BCUT2D eigenvalue weighted by atomic mass is 10.0. The Morgan fingerprint density at radius 2 is 1.82 bits per heavy atom. The maximum atomic E-state index is 6.01. The van der Waals surface area contributed by atoms with E-state index in [2.05, 4.69) is 52.5 Å². The molecule has 0 N–H and O–H groups in total. The molecule has 1 rings (SSSR count). The van der Waals surface area contributed by atoms with Crippen molar-refractivity contribution in [1.29, 1.82) is 0 Å². The van der Waals surface area contributed by atoms with Crippen LogP contribution in [0.3, 0.4) is 0 Å². The molecule has 1 nitrogen and oxygen atoms in total. The van der Waals surface area contributed by atoms with E-state index in [9.17, 15) is 0 Å². The van der Waals surface area contributed by atoms with Crippen molar-refractivity contribution in [3.8, 4) is 5.75 Å². The van der Waals surface area contributed by atoms with Crippen LogP contribution in [-0.2, 0) is 0 Å². The summed E-state index contributed by atoms with van der Waals surface area (Å²) < 4.78 is 6.01. The molecular weight excluding hydrogens is 228 g/mol. The molecule has 0 spiro atoms. The minimum Gasteiger partial charge on any atom is -0.493 e. The van der Waals surface area contributed by atoms with Crippen molar-refractivity contribution >= 4 is 12.6 Å². The van der Waals surface area contributed by atoms with Crippen molar-refractivity contribution < 1.29 is 4.74 Å². The average molecular weight is 252 g/mol. The molecule has 0 aliphatic heterocycles. The highest BCUT2D eigenvalue weighted by molar-refractivity contribution is 7.80. The van der Waals surface area contributed by atoms with E-state index in [0.29, 0.717) is 5.92 Å². The van der Waals surface area contributed by atoms with Crippen LogP contribution in [-0.4, -0.2) is 12.4 Å². The Hall–Kier alpha value is -0.630. The van der Waals surface area contributed by atoms with Crippen LogP contribution in [0.15, 0.2) is 12.1 Å². The molecule has 0 heterocycles. The molecule has 0 bridgehead atoms. The number of benzene rings is 1. The SMILES string of the molecule is CCCC(CS)COc1c(C)ccc(C)c1C. The van der Waals surface area contributed by atoms with Gasteiger partial charge in [0.1, 0.15) is 5.75 Å². The van der Waals surface area contributed by atoms with Gasteiger partial charge in [-0.25, -0.2) is 0 Å². The molecule has 0 amide bonds. The third kappa shape index (κ3) is 3.95. The molecule has 2 heteroatoms. The van der Waals surface area contributed by atoms with Crippen molar-refractivity contribution in [2.75, 3.05) is 12.4 Å². The van der Waals surface area contributed by atoms with Crippen LogP contribution in [0, 0.1) is 26.7 Å². The second-order valence-electron chi connectivity index (χ2n) is 4.80. The summed E-state index contributed by atoms with van der Waals surface area (Å²) in [7, 11) is 0. The fourth-order valence-corrected chi connectivity index (χ4v) is 2.27. The molecule has 0 aliphatic carbocycles. The Morgan fingerprint density at radius 1 is 1.18 bits per heavy atom. The molecule has 0 saturated carbocycles. The lowest BCUT2D eigenvalue weighted by molar-refractivity contribution is 0.251. The number of hydrogen-bond donors (Lipinski definition) is 1. The minimum atomic E-state index is 0.558.